The van der Waals surface area contributed by atoms with Crippen LogP contribution in [-0.4, -0.2) is 0 Å². The lowest BCUT2D eigenvalue weighted by atomic mass is 9.70. The molecule has 0 saturated carbocycles. The first-order chi connectivity index (χ1) is 13.7. The first kappa shape index (κ1) is 21.6. The van der Waals surface area contributed by atoms with Crippen LogP contribution >= 0.6 is 15.9 Å². The average molecular weight is 441 g/mol. The van der Waals surface area contributed by atoms with Crippen LogP contribution in [0.3, 0.4) is 0 Å². The summed E-state index contributed by atoms with van der Waals surface area (Å²) in [6.45, 7) is 6.90. The van der Waals surface area contributed by atoms with Gasteiger partial charge in [0.15, 0.2) is 0 Å². The molecule has 0 fully saturated rings. The van der Waals surface area contributed by atoms with E-state index >= 15 is 0 Å². The molecule has 3 rings (SSSR count). The minimum absolute atomic E-state index is 0.209. The Labute approximate surface area is 181 Å². The van der Waals surface area contributed by atoms with Gasteiger partial charge in [-0.15, -0.1) is 0 Å². The highest BCUT2D eigenvalue weighted by Crippen LogP contribution is 2.55. The van der Waals surface area contributed by atoms with Crippen molar-refractivity contribution < 1.29 is 0 Å². The second-order valence-corrected chi connectivity index (χ2v) is 9.54. The van der Waals surface area contributed by atoms with E-state index in [1.165, 1.54) is 85.4 Å². The summed E-state index contributed by atoms with van der Waals surface area (Å²) in [7, 11) is 0. The quantitative estimate of drug-likeness (QED) is 0.305. The molecule has 0 saturated heterocycles. The van der Waals surface area contributed by atoms with Gasteiger partial charge in [0.05, 0.1) is 0 Å². The smallest absolute Gasteiger partial charge is 0.0215 e. The summed E-state index contributed by atoms with van der Waals surface area (Å²) < 4.78 is 1.22. The van der Waals surface area contributed by atoms with E-state index < -0.39 is 0 Å². The van der Waals surface area contributed by atoms with Crippen molar-refractivity contribution in [2.75, 3.05) is 0 Å². The molecule has 0 bridgehead atoms. The minimum Gasteiger partial charge on any atom is -0.0654 e. The van der Waals surface area contributed by atoms with Gasteiger partial charge in [0.2, 0.25) is 0 Å². The molecule has 1 aliphatic carbocycles. The van der Waals surface area contributed by atoms with Crippen molar-refractivity contribution in [1.82, 2.24) is 0 Å². The molecule has 2 aromatic rings. The third kappa shape index (κ3) is 4.40. The van der Waals surface area contributed by atoms with Gasteiger partial charge in [-0.05, 0) is 59.2 Å². The Balaban J connectivity index is 2.05. The molecule has 1 aliphatic rings. The molecule has 0 unspecified atom stereocenters. The molecule has 152 valence electrons. The number of rotatable bonds is 11. The zero-order valence-electron chi connectivity index (χ0n) is 18.1. The molecule has 0 aromatic heterocycles. The van der Waals surface area contributed by atoms with Gasteiger partial charge in [0.25, 0.3) is 0 Å². The number of hydrogen-bond acceptors (Lipinski definition) is 0. The number of unbranched alkanes of at least 4 members (excludes halogenated alkanes) is 6. The van der Waals surface area contributed by atoms with E-state index in [2.05, 4.69) is 73.1 Å². The summed E-state index contributed by atoms with van der Waals surface area (Å²) in [5.74, 6) is 0. The highest BCUT2D eigenvalue weighted by atomic mass is 79.9. The van der Waals surface area contributed by atoms with Crippen LogP contribution in [0.5, 0.6) is 0 Å². The normalized spacial score (nSPS) is 14.1. The molecule has 0 amide bonds. The molecule has 0 spiro atoms. The van der Waals surface area contributed by atoms with E-state index in [0.717, 1.165) is 6.42 Å². The summed E-state index contributed by atoms with van der Waals surface area (Å²) in [5, 5.41) is 0. The summed E-state index contributed by atoms with van der Waals surface area (Å²) in [6, 6.07) is 14.3. The van der Waals surface area contributed by atoms with E-state index in [0.29, 0.717) is 0 Å². The predicted molar refractivity (Wildman–Crippen MR) is 127 cm³/mol. The molecule has 28 heavy (non-hydrogen) atoms. The van der Waals surface area contributed by atoms with Gasteiger partial charge in [-0.25, -0.2) is 0 Å². The molecule has 0 nitrogen and oxygen atoms in total. The van der Waals surface area contributed by atoms with Crippen molar-refractivity contribution >= 4 is 15.9 Å². The molecule has 1 heteroatoms. The van der Waals surface area contributed by atoms with Gasteiger partial charge in [-0.3, -0.25) is 0 Å². The van der Waals surface area contributed by atoms with Crippen molar-refractivity contribution in [3.05, 3.63) is 57.6 Å². The van der Waals surface area contributed by atoms with Crippen LogP contribution < -0.4 is 0 Å². The van der Waals surface area contributed by atoms with Gasteiger partial charge in [-0.1, -0.05) is 112 Å². The zero-order chi connectivity index (χ0) is 20.0. The third-order valence-corrected chi connectivity index (χ3v) is 7.20. The molecule has 2 aromatic carbocycles. The maximum Gasteiger partial charge on any atom is 0.0215 e. The molecule has 0 radical (unpaired) electrons. The minimum atomic E-state index is 0.209. The number of fused-ring (bicyclic) bond motifs is 3. The standard InChI is InChI=1S/C27H37Br/c1-4-7-9-11-17-27(18-12-10-8-5-2)25-19-21(6-3)13-15-23(25)24-16-14-22(28)20-26(24)27/h13-16,19-20H,4-12,17-18H2,1-3H3. The van der Waals surface area contributed by atoms with Crippen LogP contribution in [0.2, 0.25) is 0 Å². The van der Waals surface area contributed by atoms with Gasteiger partial charge in [-0.2, -0.15) is 0 Å². The SMILES string of the molecule is CCCCCCC1(CCCCCC)c2cc(Br)ccc2-c2ccc(CC)cc21. The van der Waals surface area contributed by atoms with Gasteiger partial charge in [0, 0.05) is 9.89 Å². The van der Waals surface area contributed by atoms with E-state index in [9.17, 15) is 0 Å². The molecule has 0 heterocycles. The largest absolute Gasteiger partial charge is 0.0654 e. The lowest BCUT2D eigenvalue weighted by Gasteiger charge is -2.33. The molecular weight excluding hydrogens is 404 g/mol. The van der Waals surface area contributed by atoms with E-state index in [1.54, 1.807) is 11.1 Å². The average Bonchev–Trinajstić information content (AvgIpc) is 2.97. The number of hydrogen-bond donors (Lipinski definition) is 0. The fraction of sp³-hybridized carbons (Fsp3) is 0.556. The van der Waals surface area contributed by atoms with Crippen LogP contribution in [0.1, 0.15) is 102 Å². The molecule has 0 atom stereocenters. The van der Waals surface area contributed by atoms with Gasteiger partial charge < -0.3 is 0 Å². The Kier molecular flexibility index (Phi) is 7.80. The third-order valence-electron chi connectivity index (χ3n) is 6.71. The Hall–Kier alpha value is -1.08. The van der Waals surface area contributed by atoms with Crippen LogP contribution in [0.4, 0.5) is 0 Å². The van der Waals surface area contributed by atoms with Crippen molar-refractivity contribution in [1.29, 1.82) is 0 Å². The Morgan fingerprint density at radius 2 is 1.25 bits per heavy atom. The number of aryl methyl sites for hydroxylation is 1. The molecule has 0 aliphatic heterocycles. The first-order valence-corrected chi connectivity index (χ1v) is 12.4. The number of halogens is 1. The van der Waals surface area contributed by atoms with Gasteiger partial charge >= 0.3 is 0 Å². The zero-order valence-corrected chi connectivity index (χ0v) is 19.7. The number of benzene rings is 2. The van der Waals surface area contributed by atoms with E-state index in [-0.39, 0.29) is 5.41 Å². The molecule has 0 N–H and O–H groups in total. The fourth-order valence-corrected chi connectivity index (χ4v) is 5.47. The van der Waals surface area contributed by atoms with Crippen LogP contribution in [-0.2, 0) is 11.8 Å². The van der Waals surface area contributed by atoms with Crippen molar-refractivity contribution in [3.63, 3.8) is 0 Å². The highest BCUT2D eigenvalue weighted by molar-refractivity contribution is 9.10. The second kappa shape index (κ2) is 10.1. The summed E-state index contributed by atoms with van der Waals surface area (Å²) in [6.07, 6.45) is 14.4. The van der Waals surface area contributed by atoms with Gasteiger partial charge in [0.1, 0.15) is 0 Å². The monoisotopic (exact) mass is 440 g/mol. The summed E-state index contributed by atoms with van der Waals surface area (Å²) >= 11 is 3.78. The van der Waals surface area contributed by atoms with Crippen molar-refractivity contribution in [2.45, 2.75) is 96.8 Å². The van der Waals surface area contributed by atoms with Crippen molar-refractivity contribution in [3.8, 4) is 11.1 Å². The fourth-order valence-electron chi connectivity index (χ4n) is 5.11. The second-order valence-electron chi connectivity index (χ2n) is 8.63. The maximum atomic E-state index is 3.78. The van der Waals surface area contributed by atoms with Crippen LogP contribution in [0, 0.1) is 0 Å². The van der Waals surface area contributed by atoms with E-state index in [1.807, 2.05) is 0 Å². The van der Waals surface area contributed by atoms with E-state index in [4.69, 9.17) is 0 Å². The highest BCUT2D eigenvalue weighted by Gasteiger charge is 2.42. The maximum absolute atomic E-state index is 3.78. The van der Waals surface area contributed by atoms with Crippen LogP contribution in [0.25, 0.3) is 11.1 Å². The Morgan fingerprint density at radius 3 is 1.82 bits per heavy atom. The Bertz CT molecular complexity index is 762. The van der Waals surface area contributed by atoms with Crippen molar-refractivity contribution in [2.24, 2.45) is 0 Å². The first-order valence-electron chi connectivity index (χ1n) is 11.6. The molecular formula is C27H37Br. The predicted octanol–water partition coefficient (Wildman–Crippen LogP) is 9.22. The lowest BCUT2D eigenvalue weighted by Crippen LogP contribution is -2.25. The lowest BCUT2D eigenvalue weighted by molar-refractivity contribution is 0.400. The topological polar surface area (TPSA) is 0 Å². The summed E-state index contributed by atoms with van der Waals surface area (Å²) in [4.78, 5) is 0. The van der Waals surface area contributed by atoms with Crippen LogP contribution in [0.15, 0.2) is 40.9 Å². The summed E-state index contributed by atoms with van der Waals surface area (Å²) in [5.41, 5.74) is 7.86. The Morgan fingerprint density at radius 1 is 0.679 bits per heavy atom.